The first-order valence-electron chi connectivity index (χ1n) is 8.12. The van der Waals surface area contributed by atoms with Gasteiger partial charge in [-0.05, 0) is 45.7 Å². The van der Waals surface area contributed by atoms with Gasteiger partial charge in [-0.2, -0.15) is 5.26 Å². The predicted octanol–water partition coefficient (Wildman–Crippen LogP) is 2.96. The fourth-order valence-electron chi connectivity index (χ4n) is 2.79. The van der Waals surface area contributed by atoms with E-state index in [0.717, 1.165) is 12.8 Å². The molecule has 0 aromatic heterocycles. The average molecular weight is 346 g/mol. The van der Waals surface area contributed by atoms with Crippen LogP contribution in [0.4, 0.5) is 16.2 Å². The van der Waals surface area contributed by atoms with E-state index in [-0.39, 0.29) is 17.3 Å². The molecule has 1 saturated heterocycles. The van der Waals surface area contributed by atoms with Crippen LogP contribution in [0.5, 0.6) is 0 Å². The van der Waals surface area contributed by atoms with Gasteiger partial charge >= 0.3 is 6.09 Å². The third kappa shape index (κ3) is 5.08. The molecule has 1 aliphatic heterocycles. The predicted molar refractivity (Wildman–Crippen MR) is 92.4 cm³/mol. The molecule has 2 rings (SSSR count). The highest BCUT2D eigenvalue weighted by Crippen LogP contribution is 2.31. The van der Waals surface area contributed by atoms with Crippen molar-refractivity contribution in [3.05, 3.63) is 33.9 Å². The van der Waals surface area contributed by atoms with Crippen molar-refractivity contribution in [2.24, 2.45) is 0 Å². The molecule has 0 bridgehead atoms. The number of nitro groups is 1. The second kappa shape index (κ2) is 7.38. The lowest BCUT2D eigenvalue weighted by atomic mass is 10.0. The molecule has 134 valence electrons. The minimum absolute atomic E-state index is 0.100. The number of hydrogen-bond donors (Lipinski definition) is 1. The zero-order chi connectivity index (χ0) is 18.6. The normalized spacial score (nSPS) is 17.5. The Balaban J connectivity index is 2.12. The Kier molecular flexibility index (Phi) is 5.47. The van der Waals surface area contributed by atoms with Crippen molar-refractivity contribution in [1.29, 1.82) is 5.26 Å². The summed E-state index contributed by atoms with van der Waals surface area (Å²) in [6.45, 7) is 6.48. The number of piperidine rings is 1. The number of nitrogens with zero attached hydrogens (tertiary/aromatic N) is 3. The molecule has 1 aromatic carbocycles. The summed E-state index contributed by atoms with van der Waals surface area (Å²) in [6, 6.07) is 6.19. The number of alkyl carbamates (subject to hydrolysis) is 1. The number of ether oxygens (including phenoxy) is 1. The van der Waals surface area contributed by atoms with Gasteiger partial charge in [-0.25, -0.2) is 4.79 Å². The van der Waals surface area contributed by atoms with E-state index in [0.29, 0.717) is 18.8 Å². The van der Waals surface area contributed by atoms with E-state index in [9.17, 15) is 14.9 Å². The smallest absolute Gasteiger partial charge is 0.407 e. The van der Waals surface area contributed by atoms with Crippen LogP contribution in [0.1, 0.15) is 39.2 Å². The zero-order valence-corrected chi connectivity index (χ0v) is 14.6. The van der Waals surface area contributed by atoms with Crippen LogP contribution in [-0.4, -0.2) is 35.7 Å². The summed E-state index contributed by atoms with van der Waals surface area (Å²) >= 11 is 0. The Morgan fingerprint density at radius 3 is 2.80 bits per heavy atom. The number of nitriles is 1. The highest BCUT2D eigenvalue weighted by molar-refractivity contribution is 5.69. The second-order valence-electron chi connectivity index (χ2n) is 7.00. The van der Waals surface area contributed by atoms with Gasteiger partial charge in [0.2, 0.25) is 0 Å². The van der Waals surface area contributed by atoms with Gasteiger partial charge in [0.15, 0.2) is 0 Å². The molecule has 8 heteroatoms. The van der Waals surface area contributed by atoms with Crippen molar-refractivity contribution >= 4 is 17.5 Å². The Hall–Kier alpha value is -2.82. The number of amides is 1. The molecule has 0 radical (unpaired) electrons. The summed E-state index contributed by atoms with van der Waals surface area (Å²) < 4.78 is 5.26. The van der Waals surface area contributed by atoms with E-state index in [1.54, 1.807) is 32.9 Å². The number of nitrogens with one attached hydrogen (secondary N) is 1. The minimum atomic E-state index is -0.579. The van der Waals surface area contributed by atoms with Crippen molar-refractivity contribution in [2.75, 3.05) is 18.0 Å². The van der Waals surface area contributed by atoms with Crippen LogP contribution >= 0.6 is 0 Å². The molecular formula is C17H22N4O4. The number of carbonyl (C=O) groups excluding carboxylic acids is 1. The van der Waals surface area contributed by atoms with Gasteiger partial charge in [-0.1, -0.05) is 0 Å². The lowest BCUT2D eigenvalue weighted by molar-refractivity contribution is -0.384. The third-order valence-electron chi connectivity index (χ3n) is 3.78. The maximum Gasteiger partial charge on any atom is 0.407 e. The van der Waals surface area contributed by atoms with E-state index in [1.807, 2.05) is 11.0 Å². The average Bonchev–Trinajstić information content (AvgIpc) is 2.52. The number of benzene rings is 1. The first-order chi connectivity index (χ1) is 11.7. The molecule has 1 aliphatic rings. The standard InChI is InChI=1S/C17H22N4O4/c1-17(2,3)25-16(22)19-13-5-4-8-20(11-13)14-7-6-12(10-18)9-15(14)21(23)24/h6-7,9,13H,4-5,8,11H2,1-3H3,(H,19,22). The van der Waals surface area contributed by atoms with Crippen LogP contribution in [0.15, 0.2) is 18.2 Å². The summed E-state index contributed by atoms with van der Waals surface area (Å²) in [6.07, 6.45) is 1.07. The summed E-state index contributed by atoms with van der Waals surface area (Å²) in [5.74, 6) is 0. The monoisotopic (exact) mass is 346 g/mol. The van der Waals surface area contributed by atoms with E-state index >= 15 is 0 Å². The SMILES string of the molecule is CC(C)(C)OC(=O)NC1CCCN(c2ccc(C#N)cc2[N+](=O)[O-])C1. The van der Waals surface area contributed by atoms with Gasteiger partial charge in [0.1, 0.15) is 11.3 Å². The van der Waals surface area contributed by atoms with Gasteiger partial charge in [-0.3, -0.25) is 10.1 Å². The number of carbonyl (C=O) groups is 1. The molecular weight excluding hydrogens is 324 g/mol. The van der Waals surface area contributed by atoms with Crippen molar-refractivity contribution in [1.82, 2.24) is 5.32 Å². The first kappa shape index (κ1) is 18.5. The number of anilines is 1. The fraction of sp³-hybridized carbons (Fsp3) is 0.529. The molecule has 1 amide bonds. The molecule has 0 saturated carbocycles. The molecule has 1 atom stereocenters. The van der Waals surface area contributed by atoms with E-state index < -0.39 is 16.6 Å². The molecule has 1 fully saturated rings. The van der Waals surface area contributed by atoms with Crippen molar-refractivity contribution < 1.29 is 14.5 Å². The van der Waals surface area contributed by atoms with Crippen LogP contribution in [0.25, 0.3) is 0 Å². The van der Waals surface area contributed by atoms with Gasteiger partial charge < -0.3 is 15.0 Å². The highest BCUT2D eigenvalue weighted by atomic mass is 16.6. The molecule has 25 heavy (non-hydrogen) atoms. The van der Waals surface area contributed by atoms with Gasteiger partial charge in [0, 0.05) is 25.2 Å². The van der Waals surface area contributed by atoms with Crippen LogP contribution in [0.3, 0.4) is 0 Å². The second-order valence-corrected chi connectivity index (χ2v) is 7.00. The molecule has 0 aliphatic carbocycles. The number of nitro benzene ring substituents is 1. The van der Waals surface area contributed by atoms with Crippen molar-refractivity contribution in [3.8, 4) is 6.07 Å². The van der Waals surface area contributed by atoms with Crippen LogP contribution in [0, 0.1) is 21.4 Å². The van der Waals surface area contributed by atoms with Crippen molar-refractivity contribution in [2.45, 2.75) is 45.3 Å². The molecule has 1 heterocycles. The summed E-state index contributed by atoms with van der Waals surface area (Å²) in [4.78, 5) is 24.6. The zero-order valence-electron chi connectivity index (χ0n) is 14.6. The third-order valence-corrected chi connectivity index (χ3v) is 3.78. The molecule has 0 spiro atoms. The Morgan fingerprint density at radius 1 is 1.48 bits per heavy atom. The Morgan fingerprint density at radius 2 is 2.20 bits per heavy atom. The summed E-state index contributed by atoms with van der Waals surface area (Å²) in [5, 5.41) is 23.1. The van der Waals surface area contributed by atoms with E-state index in [4.69, 9.17) is 10.00 Å². The van der Waals surface area contributed by atoms with Crippen molar-refractivity contribution in [3.63, 3.8) is 0 Å². The van der Waals surface area contributed by atoms with Crippen LogP contribution in [-0.2, 0) is 4.74 Å². The number of rotatable bonds is 3. The maximum absolute atomic E-state index is 11.9. The maximum atomic E-state index is 11.9. The number of hydrogen-bond acceptors (Lipinski definition) is 6. The Bertz CT molecular complexity index is 706. The summed E-state index contributed by atoms with van der Waals surface area (Å²) in [5.41, 5.74) is 0.0252. The largest absolute Gasteiger partial charge is 0.444 e. The fourth-order valence-corrected chi connectivity index (χ4v) is 2.79. The van der Waals surface area contributed by atoms with E-state index in [2.05, 4.69) is 5.32 Å². The quantitative estimate of drug-likeness (QED) is 0.666. The topological polar surface area (TPSA) is 108 Å². The molecule has 1 unspecified atom stereocenters. The minimum Gasteiger partial charge on any atom is -0.444 e. The molecule has 8 nitrogen and oxygen atoms in total. The first-order valence-corrected chi connectivity index (χ1v) is 8.12. The Labute approximate surface area is 146 Å². The summed E-state index contributed by atoms with van der Waals surface area (Å²) in [7, 11) is 0. The molecule has 1 aromatic rings. The lowest BCUT2D eigenvalue weighted by Crippen LogP contribution is -2.49. The van der Waals surface area contributed by atoms with Crippen LogP contribution < -0.4 is 10.2 Å². The van der Waals surface area contributed by atoms with E-state index in [1.165, 1.54) is 6.07 Å². The van der Waals surface area contributed by atoms with Crippen LogP contribution in [0.2, 0.25) is 0 Å². The van der Waals surface area contributed by atoms with Gasteiger partial charge in [-0.15, -0.1) is 0 Å². The van der Waals surface area contributed by atoms with Gasteiger partial charge in [0.25, 0.3) is 5.69 Å². The van der Waals surface area contributed by atoms with Gasteiger partial charge in [0.05, 0.1) is 16.6 Å². The molecule has 1 N–H and O–H groups in total. The lowest BCUT2D eigenvalue weighted by Gasteiger charge is -2.34. The highest BCUT2D eigenvalue weighted by Gasteiger charge is 2.28.